The van der Waals surface area contributed by atoms with Gasteiger partial charge in [-0.15, -0.1) is 12.4 Å². The number of carbonyl (C=O) groups is 1. The highest BCUT2D eigenvalue weighted by atomic mass is 35.5. The summed E-state index contributed by atoms with van der Waals surface area (Å²) in [5.41, 5.74) is 3.31. The number of hydrogen-bond donors (Lipinski definition) is 1. The molecule has 1 N–H and O–H groups in total. The number of aliphatic carboxylic acids is 1. The number of aromatic nitrogens is 2. The van der Waals surface area contributed by atoms with Crippen LogP contribution in [0.4, 0.5) is 0 Å². The summed E-state index contributed by atoms with van der Waals surface area (Å²) < 4.78 is 2.11. The Morgan fingerprint density at radius 2 is 2.00 bits per heavy atom. The zero-order valence-corrected chi connectivity index (χ0v) is 12.8. The van der Waals surface area contributed by atoms with Crippen LogP contribution in [0.1, 0.15) is 18.4 Å². The molecule has 114 valence electrons. The number of carboxylic acids is 1. The van der Waals surface area contributed by atoms with Crippen LogP contribution in [0.2, 0.25) is 0 Å². The standard InChI is InChI=1S/C17H16N2O2.ClH/c20-17(21)9-3-5-13-12-19(14-6-4-10-18-11-14)16-8-2-1-7-15(13)16;/h1-2,4,6-8,10-12H,3,5,9H2,(H,20,21);1H. The topological polar surface area (TPSA) is 55.1 Å². The molecule has 0 fully saturated rings. The van der Waals surface area contributed by atoms with E-state index >= 15 is 0 Å². The maximum atomic E-state index is 10.7. The second-order valence-corrected chi connectivity index (χ2v) is 5.00. The average molecular weight is 317 g/mol. The Hall–Kier alpha value is -2.33. The summed E-state index contributed by atoms with van der Waals surface area (Å²) in [5.74, 6) is -0.744. The van der Waals surface area contributed by atoms with Crippen LogP contribution in [0.5, 0.6) is 0 Å². The molecule has 0 spiro atoms. The SMILES string of the molecule is Cl.O=C(O)CCCc1cn(-c2cccnc2)c2ccccc12. The van der Waals surface area contributed by atoms with E-state index in [0.717, 1.165) is 17.6 Å². The van der Waals surface area contributed by atoms with E-state index in [4.69, 9.17) is 5.11 Å². The van der Waals surface area contributed by atoms with Crippen LogP contribution in [0.3, 0.4) is 0 Å². The minimum atomic E-state index is -0.744. The van der Waals surface area contributed by atoms with Gasteiger partial charge in [-0.25, -0.2) is 0 Å². The Kier molecular flexibility index (Phi) is 5.17. The molecule has 0 saturated heterocycles. The van der Waals surface area contributed by atoms with Crippen molar-refractivity contribution >= 4 is 29.3 Å². The highest BCUT2D eigenvalue weighted by Crippen LogP contribution is 2.25. The first kappa shape index (κ1) is 16.0. The molecular formula is C17H17ClN2O2. The van der Waals surface area contributed by atoms with Gasteiger partial charge in [0.25, 0.3) is 0 Å². The number of halogens is 1. The molecule has 3 rings (SSSR count). The molecule has 0 aliphatic rings. The number of hydrogen-bond acceptors (Lipinski definition) is 2. The summed E-state index contributed by atoms with van der Waals surface area (Å²) in [4.78, 5) is 14.8. The molecule has 0 aliphatic carbocycles. The van der Waals surface area contributed by atoms with E-state index < -0.39 is 5.97 Å². The summed E-state index contributed by atoms with van der Waals surface area (Å²) in [5, 5.41) is 9.95. The predicted molar refractivity (Wildman–Crippen MR) is 88.9 cm³/mol. The van der Waals surface area contributed by atoms with E-state index in [1.807, 2.05) is 30.5 Å². The summed E-state index contributed by atoms with van der Waals surface area (Å²) in [6.07, 6.45) is 7.28. The van der Waals surface area contributed by atoms with Gasteiger partial charge in [0.2, 0.25) is 0 Å². The molecule has 0 radical (unpaired) electrons. The van der Waals surface area contributed by atoms with Gasteiger partial charge in [-0.3, -0.25) is 9.78 Å². The predicted octanol–water partition coefficient (Wildman–Crippen LogP) is 3.85. The lowest BCUT2D eigenvalue weighted by Gasteiger charge is -2.03. The molecule has 22 heavy (non-hydrogen) atoms. The Bertz CT molecular complexity index is 769. The van der Waals surface area contributed by atoms with Crippen molar-refractivity contribution in [3.63, 3.8) is 0 Å². The molecule has 0 aliphatic heterocycles. The van der Waals surface area contributed by atoms with E-state index in [0.29, 0.717) is 6.42 Å². The number of pyridine rings is 1. The minimum Gasteiger partial charge on any atom is -0.481 e. The number of nitrogens with zero attached hydrogens (tertiary/aromatic N) is 2. The molecule has 4 nitrogen and oxygen atoms in total. The van der Waals surface area contributed by atoms with Gasteiger partial charge in [0, 0.05) is 24.2 Å². The van der Waals surface area contributed by atoms with E-state index in [9.17, 15) is 4.79 Å². The van der Waals surface area contributed by atoms with Gasteiger partial charge in [-0.1, -0.05) is 18.2 Å². The molecule has 2 heterocycles. The zero-order valence-electron chi connectivity index (χ0n) is 12.0. The van der Waals surface area contributed by atoms with Gasteiger partial charge in [-0.2, -0.15) is 0 Å². The third-order valence-corrected chi connectivity index (χ3v) is 3.56. The Morgan fingerprint density at radius 1 is 1.18 bits per heavy atom. The lowest BCUT2D eigenvalue weighted by atomic mass is 10.1. The molecule has 0 atom stereocenters. The molecular weight excluding hydrogens is 300 g/mol. The molecule has 0 bridgehead atoms. The Labute approximate surface area is 134 Å². The van der Waals surface area contributed by atoms with Crippen LogP contribution < -0.4 is 0 Å². The van der Waals surface area contributed by atoms with Gasteiger partial charge in [0.15, 0.2) is 0 Å². The van der Waals surface area contributed by atoms with Crippen LogP contribution in [0.25, 0.3) is 16.6 Å². The third-order valence-electron chi connectivity index (χ3n) is 3.56. The van der Waals surface area contributed by atoms with E-state index in [1.54, 1.807) is 6.20 Å². The number of aryl methyl sites for hydroxylation is 1. The monoisotopic (exact) mass is 316 g/mol. The van der Waals surface area contributed by atoms with Crippen molar-refractivity contribution in [1.29, 1.82) is 0 Å². The van der Waals surface area contributed by atoms with Crippen LogP contribution in [-0.4, -0.2) is 20.6 Å². The summed E-state index contributed by atoms with van der Waals surface area (Å²) in [6.45, 7) is 0. The van der Waals surface area contributed by atoms with Gasteiger partial charge in [-0.05, 0) is 36.6 Å². The Balaban J connectivity index is 0.00000176. The van der Waals surface area contributed by atoms with Crippen LogP contribution >= 0.6 is 12.4 Å². The lowest BCUT2D eigenvalue weighted by molar-refractivity contribution is -0.137. The van der Waals surface area contributed by atoms with E-state index in [-0.39, 0.29) is 18.8 Å². The van der Waals surface area contributed by atoms with Crippen molar-refractivity contribution in [3.8, 4) is 5.69 Å². The van der Waals surface area contributed by atoms with Gasteiger partial charge >= 0.3 is 5.97 Å². The molecule has 3 aromatic rings. The summed E-state index contributed by atoms with van der Waals surface area (Å²) in [7, 11) is 0. The van der Waals surface area contributed by atoms with Gasteiger partial charge in [0.1, 0.15) is 0 Å². The first-order chi connectivity index (χ1) is 10.3. The number of fused-ring (bicyclic) bond motifs is 1. The number of carboxylic acid groups (broad SMARTS) is 1. The van der Waals surface area contributed by atoms with Crippen molar-refractivity contribution in [3.05, 3.63) is 60.6 Å². The Morgan fingerprint density at radius 3 is 2.73 bits per heavy atom. The molecule has 0 amide bonds. The number of para-hydroxylation sites is 1. The van der Waals surface area contributed by atoms with Crippen molar-refractivity contribution in [2.24, 2.45) is 0 Å². The van der Waals surface area contributed by atoms with Crippen LogP contribution in [0.15, 0.2) is 55.0 Å². The highest BCUT2D eigenvalue weighted by Gasteiger charge is 2.09. The zero-order chi connectivity index (χ0) is 14.7. The third kappa shape index (κ3) is 3.28. The molecule has 2 aromatic heterocycles. The second kappa shape index (κ2) is 7.09. The minimum absolute atomic E-state index is 0. The first-order valence-corrected chi connectivity index (χ1v) is 6.97. The summed E-state index contributed by atoms with van der Waals surface area (Å²) >= 11 is 0. The average Bonchev–Trinajstić information content (AvgIpc) is 2.87. The largest absolute Gasteiger partial charge is 0.481 e. The van der Waals surface area contributed by atoms with Crippen molar-refractivity contribution in [2.75, 3.05) is 0 Å². The fraction of sp³-hybridized carbons (Fsp3) is 0.176. The van der Waals surface area contributed by atoms with E-state index in [1.165, 1.54) is 10.9 Å². The second-order valence-electron chi connectivity index (χ2n) is 5.00. The normalized spacial score (nSPS) is 10.4. The van der Waals surface area contributed by atoms with Crippen molar-refractivity contribution < 1.29 is 9.90 Å². The maximum Gasteiger partial charge on any atom is 0.303 e. The quantitative estimate of drug-likeness (QED) is 0.777. The number of benzene rings is 1. The molecule has 0 saturated carbocycles. The summed E-state index contributed by atoms with van der Waals surface area (Å²) in [6, 6.07) is 12.1. The highest BCUT2D eigenvalue weighted by molar-refractivity contribution is 5.86. The molecule has 0 unspecified atom stereocenters. The van der Waals surface area contributed by atoms with Gasteiger partial charge < -0.3 is 9.67 Å². The molecule has 5 heteroatoms. The van der Waals surface area contributed by atoms with Crippen molar-refractivity contribution in [1.82, 2.24) is 9.55 Å². The smallest absolute Gasteiger partial charge is 0.303 e. The van der Waals surface area contributed by atoms with E-state index in [2.05, 4.69) is 27.9 Å². The fourth-order valence-electron chi connectivity index (χ4n) is 2.59. The van der Waals surface area contributed by atoms with Crippen molar-refractivity contribution in [2.45, 2.75) is 19.3 Å². The molecule has 1 aromatic carbocycles. The lowest BCUT2D eigenvalue weighted by Crippen LogP contribution is -1.95. The van der Waals surface area contributed by atoms with Gasteiger partial charge in [0.05, 0.1) is 17.4 Å². The first-order valence-electron chi connectivity index (χ1n) is 6.97. The number of rotatable bonds is 5. The van der Waals surface area contributed by atoms with Crippen LogP contribution in [-0.2, 0) is 11.2 Å². The van der Waals surface area contributed by atoms with Crippen LogP contribution in [0, 0.1) is 0 Å². The fourth-order valence-corrected chi connectivity index (χ4v) is 2.59. The maximum absolute atomic E-state index is 10.7.